The van der Waals surface area contributed by atoms with E-state index in [1.165, 1.54) is 23.1 Å². The van der Waals surface area contributed by atoms with Crippen LogP contribution in [-0.4, -0.2) is 35.9 Å². The molecule has 5 nitrogen and oxygen atoms in total. The number of nitrogens with zero attached hydrogens (tertiary/aromatic N) is 1. The number of nitrogens with one attached hydrogen (secondary N) is 1. The maximum Gasteiger partial charge on any atom is 0.261 e. The molecular formula is C21H23Cl2FN2O3. The molecule has 1 atom stereocenters. The topological polar surface area (TPSA) is 58.6 Å². The van der Waals surface area contributed by atoms with Crippen LogP contribution in [0.5, 0.6) is 5.75 Å². The highest BCUT2D eigenvalue weighted by Gasteiger charge is 2.26. The molecule has 0 spiro atoms. The number of hydrogen-bond donors (Lipinski definition) is 1. The van der Waals surface area contributed by atoms with Crippen LogP contribution in [-0.2, 0) is 16.1 Å². The number of benzene rings is 2. The SMILES string of the molecule is CCCNC(=O)[C@@H](C)N(Cc1ccc(F)cc1)C(=O)COc1ccc(Cl)cc1Cl. The second kappa shape index (κ2) is 11.0. The van der Waals surface area contributed by atoms with Gasteiger partial charge in [-0.2, -0.15) is 0 Å². The zero-order valence-electron chi connectivity index (χ0n) is 16.3. The molecule has 2 aromatic rings. The molecule has 1 N–H and O–H groups in total. The summed E-state index contributed by atoms with van der Waals surface area (Å²) in [6, 6.07) is 9.72. The first kappa shape index (κ1) is 23.0. The lowest BCUT2D eigenvalue weighted by molar-refractivity contribution is -0.142. The lowest BCUT2D eigenvalue weighted by atomic mass is 10.1. The molecule has 156 valence electrons. The summed E-state index contributed by atoms with van der Waals surface area (Å²) in [4.78, 5) is 26.7. The van der Waals surface area contributed by atoms with Gasteiger partial charge in [0.25, 0.3) is 5.91 Å². The third kappa shape index (κ3) is 6.91. The van der Waals surface area contributed by atoms with Gasteiger partial charge in [-0.25, -0.2) is 4.39 Å². The van der Waals surface area contributed by atoms with E-state index >= 15 is 0 Å². The van der Waals surface area contributed by atoms with Gasteiger partial charge < -0.3 is 15.0 Å². The fraction of sp³-hybridized carbons (Fsp3) is 0.333. The van der Waals surface area contributed by atoms with Gasteiger partial charge in [0, 0.05) is 18.1 Å². The number of amides is 2. The largest absolute Gasteiger partial charge is 0.482 e. The van der Waals surface area contributed by atoms with E-state index < -0.39 is 11.9 Å². The molecule has 0 radical (unpaired) electrons. The van der Waals surface area contributed by atoms with Crippen molar-refractivity contribution in [2.45, 2.75) is 32.9 Å². The minimum absolute atomic E-state index is 0.136. The molecule has 0 unspecified atom stereocenters. The van der Waals surface area contributed by atoms with Gasteiger partial charge in [0.15, 0.2) is 6.61 Å². The highest BCUT2D eigenvalue weighted by Crippen LogP contribution is 2.27. The Morgan fingerprint density at radius 2 is 1.86 bits per heavy atom. The Hall–Kier alpha value is -2.31. The van der Waals surface area contributed by atoms with Crippen molar-refractivity contribution >= 4 is 35.0 Å². The normalized spacial score (nSPS) is 11.6. The zero-order chi connectivity index (χ0) is 21.4. The van der Waals surface area contributed by atoms with Gasteiger partial charge >= 0.3 is 0 Å². The van der Waals surface area contributed by atoms with Crippen molar-refractivity contribution < 1.29 is 18.7 Å². The number of ether oxygens (including phenoxy) is 1. The number of rotatable bonds is 9. The van der Waals surface area contributed by atoms with Crippen molar-refractivity contribution in [2.75, 3.05) is 13.2 Å². The third-order valence-electron chi connectivity index (χ3n) is 4.23. The van der Waals surface area contributed by atoms with Gasteiger partial charge in [-0.1, -0.05) is 42.3 Å². The average Bonchev–Trinajstić information content (AvgIpc) is 2.70. The van der Waals surface area contributed by atoms with Crippen LogP contribution >= 0.6 is 23.2 Å². The van der Waals surface area contributed by atoms with Crippen molar-refractivity contribution in [3.63, 3.8) is 0 Å². The quantitative estimate of drug-likeness (QED) is 0.626. The van der Waals surface area contributed by atoms with Gasteiger partial charge in [-0.05, 0) is 49.2 Å². The van der Waals surface area contributed by atoms with Crippen molar-refractivity contribution in [3.8, 4) is 5.75 Å². The Labute approximate surface area is 179 Å². The van der Waals surface area contributed by atoms with E-state index in [0.29, 0.717) is 22.9 Å². The number of hydrogen-bond acceptors (Lipinski definition) is 3. The maximum atomic E-state index is 13.2. The summed E-state index contributed by atoms with van der Waals surface area (Å²) < 4.78 is 18.7. The molecule has 29 heavy (non-hydrogen) atoms. The summed E-state index contributed by atoms with van der Waals surface area (Å²) in [5, 5.41) is 3.52. The van der Waals surface area contributed by atoms with E-state index in [4.69, 9.17) is 27.9 Å². The molecule has 0 bridgehead atoms. The summed E-state index contributed by atoms with van der Waals surface area (Å²) in [5.74, 6) is -0.735. The van der Waals surface area contributed by atoms with E-state index in [9.17, 15) is 14.0 Å². The Balaban J connectivity index is 2.14. The fourth-order valence-corrected chi connectivity index (χ4v) is 3.04. The second-order valence-electron chi connectivity index (χ2n) is 6.48. The lowest BCUT2D eigenvalue weighted by Crippen LogP contribution is -2.49. The molecule has 0 aliphatic carbocycles. The summed E-state index contributed by atoms with van der Waals surface area (Å²) >= 11 is 11.9. The molecular weight excluding hydrogens is 418 g/mol. The monoisotopic (exact) mass is 440 g/mol. The molecule has 8 heteroatoms. The third-order valence-corrected chi connectivity index (χ3v) is 4.76. The van der Waals surface area contributed by atoms with E-state index in [1.807, 2.05) is 6.92 Å². The summed E-state index contributed by atoms with van der Waals surface area (Å²) in [6.07, 6.45) is 0.780. The van der Waals surface area contributed by atoms with Crippen LogP contribution in [0, 0.1) is 5.82 Å². The summed E-state index contributed by atoms with van der Waals surface area (Å²) in [7, 11) is 0. The van der Waals surface area contributed by atoms with Crippen LogP contribution in [0.15, 0.2) is 42.5 Å². The molecule has 2 aromatic carbocycles. The smallest absolute Gasteiger partial charge is 0.261 e. The van der Waals surface area contributed by atoms with Gasteiger partial charge in [-0.15, -0.1) is 0 Å². The van der Waals surface area contributed by atoms with E-state index in [1.54, 1.807) is 31.2 Å². The van der Waals surface area contributed by atoms with E-state index in [-0.39, 0.29) is 29.9 Å². The molecule has 0 aliphatic rings. The van der Waals surface area contributed by atoms with Crippen molar-refractivity contribution in [3.05, 3.63) is 63.9 Å². The predicted octanol–water partition coefficient (Wildman–Crippen LogP) is 4.45. The first-order valence-electron chi connectivity index (χ1n) is 9.21. The lowest BCUT2D eigenvalue weighted by Gasteiger charge is -2.28. The van der Waals surface area contributed by atoms with Gasteiger partial charge in [-0.3, -0.25) is 9.59 Å². The summed E-state index contributed by atoms with van der Waals surface area (Å²) in [5.41, 5.74) is 0.694. The first-order chi connectivity index (χ1) is 13.8. The molecule has 2 amide bonds. The van der Waals surface area contributed by atoms with Crippen LogP contribution < -0.4 is 10.1 Å². The van der Waals surface area contributed by atoms with Crippen LogP contribution in [0.25, 0.3) is 0 Å². The predicted molar refractivity (Wildman–Crippen MR) is 112 cm³/mol. The molecule has 0 saturated heterocycles. The number of halogens is 3. The molecule has 0 aromatic heterocycles. The van der Waals surface area contributed by atoms with Crippen molar-refractivity contribution in [2.24, 2.45) is 0 Å². The molecule has 0 heterocycles. The highest BCUT2D eigenvalue weighted by atomic mass is 35.5. The number of carbonyl (C=O) groups is 2. The minimum atomic E-state index is -0.733. The fourth-order valence-electron chi connectivity index (χ4n) is 2.58. The standard InChI is InChI=1S/C21H23Cl2FN2O3/c1-3-10-25-21(28)14(2)26(12-15-4-7-17(24)8-5-15)20(27)13-29-19-9-6-16(22)11-18(19)23/h4-9,11,14H,3,10,12-13H2,1-2H3,(H,25,28)/t14-/m1/s1. The van der Waals surface area contributed by atoms with Crippen LogP contribution in [0.3, 0.4) is 0 Å². The van der Waals surface area contributed by atoms with Gasteiger partial charge in [0.05, 0.1) is 5.02 Å². The van der Waals surface area contributed by atoms with Crippen molar-refractivity contribution in [1.82, 2.24) is 10.2 Å². The average molecular weight is 441 g/mol. The highest BCUT2D eigenvalue weighted by molar-refractivity contribution is 6.35. The Morgan fingerprint density at radius 1 is 1.17 bits per heavy atom. The second-order valence-corrected chi connectivity index (χ2v) is 7.32. The zero-order valence-corrected chi connectivity index (χ0v) is 17.8. The van der Waals surface area contributed by atoms with E-state index in [2.05, 4.69) is 5.32 Å². The van der Waals surface area contributed by atoms with Crippen LogP contribution in [0.1, 0.15) is 25.8 Å². The number of carbonyl (C=O) groups excluding carboxylic acids is 2. The van der Waals surface area contributed by atoms with Crippen LogP contribution in [0.4, 0.5) is 4.39 Å². The van der Waals surface area contributed by atoms with Crippen LogP contribution in [0.2, 0.25) is 10.0 Å². The van der Waals surface area contributed by atoms with Gasteiger partial charge in [0.1, 0.15) is 17.6 Å². The Morgan fingerprint density at radius 3 is 2.48 bits per heavy atom. The Kier molecular flexibility index (Phi) is 8.73. The first-order valence-corrected chi connectivity index (χ1v) is 9.97. The van der Waals surface area contributed by atoms with E-state index in [0.717, 1.165) is 6.42 Å². The molecule has 2 rings (SSSR count). The van der Waals surface area contributed by atoms with Crippen molar-refractivity contribution in [1.29, 1.82) is 0 Å². The summed E-state index contributed by atoms with van der Waals surface area (Å²) in [6.45, 7) is 3.92. The Bertz CT molecular complexity index is 846. The minimum Gasteiger partial charge on any atom is -0.482 e. The van der Waals surface area contributed by atoms with Gasteiger partial charge in [0.2, 0.25) is 5.91 Å². The molecule has 0 fully saturated rings. The molecule has 0 aliphatic heterocycles. The maximum absolute atomic E-state index is 13.2. The molecule has 0 saturated carbocycles.